The van der Waals surface area contributed by atoms with E-state index in [9.17, 15) is 0 Å². The van der Waals surface area contributed by atoms with Gasteiger partial charge in [0.1, 0.15) is 0 Å². The lowest BCUT2D eigenvalue weighted by atomic mass is 9.97. The van der Waals surface area contributed by atoms with Gasteiger partial charge >= 0.3 is 0 Å². The second kappa shape index (κ2) is 5.06. The highest BCUT2D eigenvalue weighted by Gasteiger charge is 2.12. The Kier molecular flexibility index (Phi) is 3.63. The first kappa shape index (κ1) is 13.6. The van der Waals surface area contributed by atoms with E-state index < -0.39 is 0 Å². The van der Waals surface area contributed by atoms with Crippen LogP contribution < -0.4 is 10.9 Å². The van der Waals surface area contributed by atoms with Crippen molar-refractivity contribution in [1.29, 1.82) is 0 Å². The third-order valence-electron chi connectivity index (χ3n) is 3.99. The average molecular weight is 254 g/mol. The molecule has 0 fully saturated rings. The third kappa shape index (κ3) is 2.49. The van der Waals surface area contributed by atoms with E-state index in [2.05, 4.69) is 52.8 Å². The zero-order valence-electron chi connectivity index (χ0n) is 12.4. The monoisotopic (exact) mass is 254 g/mol. The Morgan fingerprint density at radius 2 is 1.53 bits per heavy atom. The van der Waals surface area contributed by atoms with Crippen molar-refractivity contribution in [3.63, 3.8) is 0 Å². The molecule has 0 saturated heterocycles. The molecule has 2 nitrogen and oxygen atoms in total. The number of nitrogens with two attached hydrogens (primary N) is 1. The first-order valence-corrected chi connectivity index (χ1v) is 6.60. The lowest BCUT2D eigenvalue weighted by molar-refractivity contribution is 1.05. The molecule has 0 spiro atoms. The van der Waals surface area contributed by atoms with Crippen LogP contribution in [0.15, 0.2) is 30.3 Å². The highest BCUT2D eigenvalue weighted by atomic mass is 15.4. The molecule has 2 heteroatoms. The van der Waals surface area contributed by atoms with E-state index in [0.717, 1.165) is 11.4 Å². The zero-order chi connectivity index (χ0) is 14.2. The van der Waals surface area contributed by atoms with E-state index in [-0.39, 0.29) is 0 Å². The van der Waals surface area contributed by atoms with Gasteiger partial charge in [0.25, 0.3) is 0 Å². The summed E-state index contributed by atoms with van der Waals surface area (Å²) in [6.07, 6.45) is 0. The Morgan fingerprint density at radius 1 is 0.842 bits per heavy atom. The number of nitrogens with zero attached hydrogens (tertiary/aromatic N) is 1. The number of rotatable bonds is 2. The summed E-state index contributed by atoms with van der Waals surface area (Å²) in [5.74, 6) is 6.31. The van der Waals surface area contributed by atoms with E-state index in [1.54, 1.807) is 5.01 Å². The van der Waals surface area contributed by atoms with Gasteiger partial charge in [-0.3, -0.25) is 5.01 Å². The molecule has 0 amide bonds. The number of anilines is 2. The normalized spacial score (nSPS) is 10.6. The molecule has 2 rings (SSSR count). The second-order valence-corrected chi connectivity index (χ2v) is 5.30. The van der Waals surface area contributed by atoms with E-state index in [1.807, 2.05) is 12.1 Å². The molecule has 0 unspecified atom stereocenters. The van der Waals surface area contributed by atoms with Crippen LogP contribution in [-0.2, 0) is 0 Å². The van der Waals surface area contributed by atoms with Crippen molar-refractivity contribution >= 4 is 11.4 Å². The second-order valence-electron chi connectivity index (χ2n) is 5.30. The zero-order valence-corrected chi connectivity index (χ0v) is 12.4. The van der Waals surface area contributed by atoms with Gasteiger partial charge in [-0.25, -0.2) is 5.84 Å². The Hall–Kier alpha value is -1.80. The predicted octanol–water partition coefficient (Wildman–Crippen LogP) is 4.24. The number of aryl methyl sites for hydroxylation is 2. The van der Waals surface area contributed by atoms with Crippen molar-refractivity contribution in [2.24, 2.45) is 5.84 Å². The summed E-state index contributed by atoms with van der Waals surface area (Å²) in [5.41, 5.74) is 8.49. The molecule has 2 aromatic carbocycles. The average Bonchev–Trinajstić information content (AvgIpc) is 2.40. The summed E-state index contributed by atoms with van der Waals surface area (Å²) >= 11 is 0. The lowest BCUT2D eigenvalue weighted by Gasteiger charge is -2.24. The van der Waals surface area contributed by atoms with Gasteiger partial charge in [-0.05, 0) is 80.6 Å². The van der Waals surface area contributed by atoms with Gasteiger partial charge in [-0.2, -0.15) is 0 Å². The highest BCUT2D eigenvalue weighted by molar-refractivity contribution is 5.68. The standard InChI is InChI=1S/C17H22N2/c1-11-7-6-8-16(9-11)19(18)17-10-12(2)13(3)14(4)15(17)5/h6-10H,18H2,1-5H3. The van der Waals surface area contributed by atoms with Crippen LogP contribution in [0.5, 0.6) is 0 Å². The molecule has 2 N–H and O–H groups in total. The fourth-order valence-corrected chi connectivity index (χ4v) is 2.36. The maximum Gasteiger partial charge on any atom is 0.0609 e. The van der Waals surface area contributed by atoms with E-state index >= 15 is 0 Å². The Bertz CT molecular complexity index is 615. The first-order valence-electron chi connectivity index (χ1n) is 6.60. The summed E-state index contributed by atoms with van der Waals surface area (Å²) in [6, 6.07) is 10.4. The van der Waals surface area contributed by atoms with Gasteiger partial charge in [0.2, 0.25) is 0 Å². The molecule has 19 heavy (non-hydrogen) atoms. The van der Waals surface area contributed by atoms with Gasteiger partial charge in [0.15, 0.2) is 0 Å². The Labute approximate surface area is 115 Å². The fourth-order valence-electron chi connectivity index (χ4n) is 2.36. The summed E-state index contributed by atoms with van der Waals surface area (Å²) in [5, 5.41) is 1.78. The molecule has 0 heterocycles. The molecule has 100 valence electrons. The molecule has 0 aliphatic carbocycles. The molecule has 0 bridgehead atoms. The quantitative estimate of drug-likeness (QED) is 0.641. The Balaban J connectivity index is 2.53. The number of benzene rings is 2. The number of hydrogen-bond acceptors (Lipinski definition) is 2. The molecular formula is C17H22N2. The van der Waals surface area contributed by atoms with Crippen LogP contribution in [0.25, 0.3) is 0 Å². The number of hydrazine groups is 1. The van der Waals surface area contributed by atoms with Crippen LogP contribution in [0, 0.1) is 34.6 Å². The van der Waals surface area contributed by atoms with Crippen molar-refractivity contribution in [3.05, 3.63) is 58.1 Å². The minimum atomic E-state index is 1.02. The van der Waals surface area contributed by atoms with E-state index in [0.29, 0.717) is 0 Å². The number of hydrogen-bond donors (Lipinski definition) is 1. The highest BCUT2D eigenvalue weighted by Crippen LogP contribution is 2.31. The summed E-state index contributed by atoms with van der Waals surface area (Å²) in [6.45, 7) is 10.7. The smallest absolute Gasteiger partial charge is 0.0609 e. The summed E-state index contributed by atoms with van der Waals surface area (Å²) in [4.78, 5) is 0. The molecule has 2 aromatic rings. The minimum Gasteiger partial charge on any atom is -0.279 e. The molecular weight excluding hydrogens is 232 g/mol. The lowest BCUT2D eigenvalue weighted by Crippen LogP contribution is -2.26. The van der Waals surface area contributed by atoms with Crippen molar-refractivity contribution in [2.45, 2.75) is 34.6 Å². The summed E-state index contributed by atoms with van der Waals surface area (Å²) in [7, 11) is 0. The van der Waals surface area contributed by atoms with Crippen LogP contribution in [-0.4, -0.2) is 0 Å². The van der Waals surface area contributed by atoms with Crippen LogP contribution in [0.2, 0.25) is 0 Å². The van der Waals surface area contributed by atoms with Crippen LogP contribution in [0.4, 0.5) is 11.4 Å². The van der Waals surface area contributed by atoms with E-state index in [4.69, 9.17) is 5.84 Å². The van der Waals surface area contributed by atoms with Gasteiger partial charge in [-0.1, -0.05) is 12.1 Å². The topological polar surface area (TPSA) is 29.3 Å². The van der Waals surface area contributed by atoms with Gasteiger partial charge in [0.05, 0.1) is 11.4 Å². The molecule has 0 aliphatic heterocycles. The van der Waals surface area contributed by atoms with Crippen molar-refractivity contribution < 1.29 is 0 Å². The van der Waals surface area contributed by atoms with Crippen molar-refractivity contribution in [3.8, 4) is 0 Å². The predicted molar refractivity (Wildman–Crippen MR) is 82.9 cm³/mol. The molecule has 0 aromatic heterocycles. The maximum atomic E-state index is 6.31. The first-order chi connectivity index (χ1) is 8.91. The maximum absolute atomic E-state index is 6.31. The fraction of sp³-hybridized carbons (Fsp3) is 0.294. The van der Waals surface area contributed by atoms with E-state index in [1.165, 1.54) is 27.8 Å². The van der Waals surface area contributed by atoms with Crippen LogP contribution >= 0.6 is 0 Å². The summed E-state index contributed by atoms with van der Waals surface area (Å²) < 4.78 is 0. The molecule has 0 saturated carbocycles. The Morgan fingerprint density at radius 3 is 2.16 bits per heavy atom. The largest absolute Gasteiger partial charge is 0.279 e. The van der Waals surface area contributed by atoms with Gasteiger partial charge in [-0.15, -0.1) is 0 Å². The van der Waals surface area contributed by atoms with Crippen LogP contribution in [0.1, 0.15) is 27.8 Å². The minimum absolute atomic E-state index is 1.02. The molecule has 0 radical (unpaired) electrons. The van der Waals surface area contributed by atoms with Crippen LogP contribution in [0.3, 0.4) is 0 Å². The molecule has 0 aliphatic rings. The molecule has 0 atom stereocenters. The SMILES string of the molecule is Cc1cccc(N(N)c2cc(C)c(C)c(C)c2C)c1. The third-order valence-corrected chi connectivity index (χ3v) is 3.99. The van der Waals surface area contributed by atoms with Crippen molar-refractivity contribution in [1.82, 2.24) is 0 Å². The van der Waals surface area contributed by atoms with Crippen molar-refractivity contribution in [2.75, 3.05) is 5.01 Å². The van der Waals surface area contributed by atoms with Gasteiger partial charge < -0.3 is 0 Å². The van der Waals surface area contributed by atoms with Gasteiger partial charge in [0, 0.05) is 0 Å².